The maximum absolute atomic E-state index is 12.6. The molecular formula is C20H23N3O4. The number of carbonyl (C=O) groups is 2. The van der Waals surface area contributed by atoms with E-state index in [2.05, 4.69) is 4.98 Å². The van der Waals surface area contributed by atoms with Crippen molar-refractivity contribution in [1.29, 1.82) is 0 Å². The summed E-state index contributed by atoms with van der Waals surface area (Å²) in [6, 6.07) is 8.89. The standard InChI is InChI=1S/C20H23N3O4/c1-26-17-4-3-15(13-18(17)27-2)14-19(24)22-9-11-23(12-10-22)20(25)16-5-7-21-8-6-16/h3-8,13H,9-12,14H2,1-2H3. The number of aromatic nitrogens is 1. The largest absolute Gasteiger partial charge is 0.493 e. The first-order chi connectivity index (χ1) is 13.1. The number of nitrogens with zero attached hydrogens (tertiary/aromatic N) is 3. The SMILES string of the molecule is COc1ccc(CC(=O)N2CCN(C(=O)c3ccncc3)CC2)cc1OC. The minimum absolute atomic E-state index is 0.0237. The molecule has 1 aromatic carbocycles. The third kappa shape index (κ3) is 4.36. The van der Waals surface area contributed by atoms with Crippen LogP contribution in [0.5, 0.6) is 11.5 Å². The van der Waals surface area contributed by atoms with Crippen molar-refractivity contribution in [3.63, 3.8) is 0 Å². The molecule has 0 aliphatic carbocycles. The lowest BCUT2D eigenvalue weighted by atomic mass is 10.1. The third-order valence-electron chi connectivity index (χ3n) is 4.65. The van der Waals surface area contributed by atoms with Crippen molar-refractivity contribution in [2.45, 2.75) is 6.42 Å². The van der Waals surface area contributed by atoms with Gasteiger partial charge < -0.3 is 19.3 Å². The smallest absolute Gasteiger partial charge is 0.254 e. The molecule has 1 saturated heterocycles. The normalized spacial score (nSPS) is 14.0. The van der Waals surface area contributed by atoms with Crippen molar-refractivity contribution in [3.05, 3.63) is 53.9 Å². The number of amides is 2. The maximum Gasteiger partial charge on any atom is 0.254 e. The summed E-state index contributed by atoms with van der Waals surface area (Å²) >= 11 is 0. The fourth-order valence-corrected chi connectivity index (χ4v) is 3.11. The van der Waals surface area contributed by atoms with Gasteiger partial charge in [0, 0.05) is 44.1 Å². The highest BCUT2D eigenvalue weighted by atomic mass is 16.5. The van der Waals surface area contributed by atoms with Gasteiger partial charge in [0.2, 0.25) is 5.91 Å². The molecule has 1 fully saturated rings. The van der Waals surface area contributed by atoms with Crippen LogP contribution < -0.4 is 9.47 Å². The fourth-order valence-electron chi connectivity index (χ4n) is 3.11. The summed E-state index contributed by atoms with van der Waals surface area (Å²) in [6.07, 6.45) is 3.50. The van der Waals surface area contributed by atoms with Crippen molar-refractivity contribution in [1.82, 2.24) is 14.8 Å². The molecule has 2 heterocycles. The topological polar surface area (TPSA) is 72.0 Å². The van der Waals surface area contributed by atoms with Crippen LogP contribution in [-0.2, 0) is 11.2 Å². The number of ether oxygens (including phenoxy) is 2. The molecule has 7 heteroatoms. The zero-order valence-electron chi connectivity index (χ0n) is 15.6. The lowest BCUT2D eigenvalue weighted by molar-refractivity contribution is -0.131. The van der Waals surface area contributed by atoms with E-state index in [4.69, 9.17) is 9.47 Å². The molecule has 7 nitrogen and oxygen atoms in total. The lowest BCUT2D eigenvalue weighted by Gasteiger charge is -2.35. The van der Waals surface area contributed by atoms with E-state index in [-0.39, 0.29) is 11.8 Å². The molecule has 0 radical (unpaired) electrons. The Morgan fingerprint density at radius 1 is 0.926 bits per heavy atom. The first-order valence-corrected chi connectivity index (χ1v) is 8.80. The molecule has 1 aliphatic heterocycles. The van der Waals surface area contributed by atoms with Gasteiger partial charge in [-0.15, -0.1) is 0 Å². The summed E-state index contributed by atoms with van der Waals surface area (Å²) in [6.45, 7) is 2.11. The van der Waals surface area contributed by atoms with Gasteiger partial charge in [0.05, 0.1) is 20.6 Å². The number of pyridine rings is 1. The van der Waals surface area contributed by atoms with E-state index in [9.17, 15) is 9.59 Å². The number of piperazine rings is 1. The number of hydrogen-bond acceptors (Lipinski definition) is 5. The molecular weight excluding hydrogens is 346 g/mol. The minimum Gasteiger partial charge on any atom is -0.493 e. The van der Waals surface area contributed by atoms with E-state index in [0.29, 0.717) is 49.7 Å². The lowest BCUT2D eigenvalue weighted by Crippen LogP contribution is -2.51. The van der Waals surface area contributed by atoms with Crippen LogP contribution in [0, 0.1) is 0 Å². The molecule has 2 amide bonds. The van der Waals surface area contributed by atoms with Crippen molar-refractivity contribution >= 4 is 11.8 Å². The molecule has 0 atom stereocenters. The molecule has 3 rings (SSSR count). The highest BCUT2D eigenvalue weighted by Crippen LogP contribution is 2.27. The van der Waals surface area contributed by atoms with E-state index < -0.39 is 0 Å². The summed E-state index contributed by atoms with van der Waals surface area (Å²) in [7, 11) is 3.15. The van der Waals surface area contributed by atoms with Gasteiger partial charge in [0.25, 0.3) is 5.91 Å². The molecule has 0 unspecified atom stereocenters. The van der Waals surface area contributed by atoms with Crippen molar-refractivity contribution in [3.8, 4) is 11.5 Å². The Balaban J connectivity index is 1.56. The summed E-state index contributed by atoms with van der Waals surface area (Å²) in [4.78, 5) is 32.6. The second-order valence-electron chi connectivity index (χ2n) is 6.27. The van der Waals surface area contributed by atoms with Crippen LogP contribution in [0.3, 0.4) is 0 Å². The average Bonchev–Trinajstić information content (AvgIpc) is 2.73. The van der Waals surface area contributed by atoms with Gasteiger partial charge in [-0.2, -0.15) is 0 Å². The highest BCUT2D eigenvalue weighted by Gasteiger charge is 2.25. The van der Waals surface area contributed by atoms with Crippen LogP contribution in [0.25, 0.3) is 0 Å². The molecule has 1 aromatic heterocycles. The first kappa shape index (κ1) is 18.7. The van der Waals surface area contributed by atoms with Crippen LogP contribution in [0.4, 0.5) is 0 Å². The predicted molar refractivity (Wildman–Crippen MR) is 100.0 cm³/mol. The Morgan fingerprint density at radius 2 is 1.56 bits per heavy atom. The van der Waals surface area contributed by atoms with E-state index >= 15 is 0 Å². The van der Waals surface area contributed by atoms with E-state index in [0.717, 1.165) is 5.56 Å². The predicted octanol–water partition coefficient (Wildman–Crippen LogP) is 1.63. The number of benzene rings is 1. The molecule has 0 saturated carbocycles. The Labute approximate surface area is 158 Å². The first-order valence-electron chi connectivity index (χ1n) is 8.80. The van der Waals surface area contributed by atoms with Crippen LogP contribution in [0.1, 0.15) is 15.9 Å². The van der Waals surface area contributed by atoms with Gasteiger partial charge in [-0.1, -0.05) is 6.07 Å². The third-order valence-corrected chi connectivity index (χ3v) is 4.65. The quantitative estimate of drug-likeness (QED) is 0.801. The Kier molecular flexibility index (Phi) is 5.90. The number of carbonyl (C=O) groups excluding carboxylic acids is 2. The van der Waals surface area contributed by atoms with Crippen LogP contribution in [0.15, 0.2) is 42.7 Å². The van der Waals surface area contributed by atoms with Gasteiger partial charge >= 0.3 is 0 Å². The van der Waals surface area contributed by atoms with Crippen molar-refractivity contribution in [2.75, 3.05) is 40.4 Å². The Morgan fingerprint density at radius 3 is 2.19 bits per heavy atom. The monoisotopic (exact) mass is 369 g/mol. The van der Waals surface area contributed by atoms with Gasteiger partial charge in [-0.3, -0.25) is 14.6 Å². The van der Waals surface area contributed by atoms with Gasteiger partial charge in [-0.25, -0.2) is 0 Å². The second-order valence-corrected chi connectivity index (χ2v) is 6.27. The van der Waals surface area contributed by atoms with E-state index in [1.807, 2.05) is 12.1 Å². The summed E-state index contributed by atoms with van der Waals surface area (Å²) in [5, 5.41) is 0. The maximum atomic E-state index is 12.6. The molecule has 142 valence electrons. The molecule has 1 aliphatic rings. The van der Waals surface area contributed by atoms with Crippen LogP contribution in [0.2, 0.25) is 0 Å². The molecule has 0 spiro atoms. The Hall–Kier alpha value is -3.09. The van der Waals surface area contributed by atoms with Crippen molar-refractivity contribution in [2.24, 2.45) is 0 Å². The van der Waals surface area contributed by atoms with E-state index in [1.54, 1.807) is 54.6 Å². The number of rotatable bonds is 5. The molecule has 2 aromatic rings. The summed E-state index contributed by atoms with van der Waals surface area (Å²) < 4.78 is 10.5. The zero-order valence-corrected chi connectivity index (χ0v) is 15.6. The fraction of sp³-hybridized carbons (Fsp3) is 0.350. The van der Waals surface area contributed by atoms with Gasteiger partial charge in [-0.05, 0) is 29.8 Å². The van der Waals surface area contributed by atoms with Crippen LogP contribution >= 0.6 is 0 Å². The van der Waals surface area contributed by atoms with Crippen molar-refractivity contribution < 1.29 is 19.1 Å². The molecule has 0 N–H and O–H groups in total. The highest BCUT2D eigenvalue weighted by molar-refractivity contribution is 5.94. The zero-order chi connectivity index (χ0) is 19.2. The second kappa shape index (κ2) is 8.53. The average molecular weight is 369 g/mol. The Bertz CT molecular complexity index is 802. The molecule has 0 bridgehead atoms. The van der Waals surface area contributed by atoms with Gasteiger partial charge in [0.1, 0.15) is 0 Å². The van der Waals surface area contributed by atoms with E-state index in [1.165, 1.54) is 0 Å². The van der Waals surface area contributed by atoms with Crippen LogP contribution in [-0.4, -0.2) is 67.0 Å². The number of hydrogen-bond donors (Lipinski definition) is 0. The molecule has 27 heavy (non-hydrogen) atoms. The summed E-state index contributed by atoms with van der Waals surface area (Å²) in [5.74, 6) is 1.26. The number of methoxy groups -OCH3 is 2. The van der Waals surface area contributed by atoms with Gasteiger partial charge in [0.15, 0.2) is 11.5 Å². The minimum atomic E-state index is -0.0237. The summed E-state index contributed by atoms with van der Waals surface area (Å²) in [5.41, 5.74) is 1.49.